The summed E-state index contributed by atoms with van der Waals surface area (Å²) >= 11 is 0. The highest BCUT2D eigenvalue weighted by atomic mass is 16.5. The zero-order chi connectivity index (χ0) is 13.3. The number of hydrogen-bond donors (Lipinski definition) is 1. The average Bonchev–Trinajstić information content (AvgIpc) is 2.34. The lowest BCUT2D eigenvalue weighted by atomic mass is 9.66. The Bertz CT molecular complexity index is 429. The summed E-state index contributed by atoms with van der Waals surface area (Å²) in [4.78, 5) is 0. The Morgan fingerprint density at radius 3 is 2.61 bits per heavy atom. The fourth-order valence-electron chi connectivity index (χ4n) is 3.33. The molecule has 0 aliphatic heterocycles. The van der Waals surface area contributed by atoms with Gasteiger partial charge < -0.3 is 10.5 Å². The van der Waals surface area contributed by atoms with Gasteiger partial charge in [-0.2, -0.15) is 0 Å². The summed E-state index contributed by atoms with van der Waals surface area (Å²) in [7, 11) is 1.71. The van der Waals surface area contributed by atoms with Gasteiger partial charge in [-0.05, 0) is 54.9 Å². The first-order valence-electron chi connectivity index (χ1n) is 6.91. The fourth-order valence-corrected chi connectivity index (χ4v) is 3.33. The minimum atomic E-state index is -0.173. The Balaban J connectivity index is 2.39. The van der Waals surface area contributed by atoms with E-state index in [4.69, 9.17) is 10.5 Å². The van der Waals surface area contributed by atoms with Crippen LogP contribution in [0.25, 0.3) is 0 Å². The summed E-state index contributed by atoms with van der Waals surface area (Å²) in [5.74, 6) is 2.17. The van der Waals surface area contributed by atoms with Gasteiger partial charge in [-0.15, -0.1) is 0 Å². The molecule has 0 bridgehead atoms. The molecule has 0 heterocycles. The van der Waals surface area contributed by atoms with E-state index in [2.05, 4.69) is 32.9 Å². The van der Waals surface area contributed by atoms with Crippen molar-refractivity contribution in [3.63, 3.8) is 0 Å². The van der Waals surface area contributed by atoms with Crippen molar-refractivity contribution >= 4 is 0 Å². The van der Waals surface area contributed by atoms with Crippen molar-refractivity contribution < 1.29 is 4.74 Å². The SMILES string of the molecule is COc1ccc(C2(N)CC(C)CCC2C)c(C)c1. The van der Waals surface area contributed by atoms with Crippen LogP contribution in [0.3, 0.4) is 0 Å². The lowest BCUT2D eigenvalue weighted by Crippen LogP contribution is -2.47. The van der Waals surface area contributed by atoms with Crippen LogP contribution in [0.1, 0.15) is 44.2 Å². The van der Waals surface area contributed by atoms with Gasteiger partial charge >= 0.3 is 0 Å². The van der Waals surface area contributed by atoms with Crippen LogP contribution < -0.4 is 10.5 Å². The molecule has 1 aliphatic carbocycles. The molecule has 0 spiro atoms. The van der Waals surface area contributed by atoms with E-state index in [1.54, 1.807) is 7.11 Å². The van der Waals surface area contributed by atoms with Gasteiger partial charge in [-0.3, -0.25) is 0 Å². The molecular formula is C16H25NO. The number of rotatable bonds is 2. The molecular weight excluding hydrogens is 222 g/mol. The summed E-state index contributed by atoms with van der Waals surface area (Å²) in [6, 6.07) is 6.28. The molecule has 18 heavy (non-hydrogen) atoms. The molecule has 0 amide bonds. The van der Waals surface area contributed by atoms with E-state index < -0.39 is 0 Å². The molecule has 3 unspecified atom stereocenters. The van der Waals surface area contributed by atoms with Crippen molar-refractivity contribution in [2.45, 2.75) is 45.6 Å². The Hall–Kier alpha value is -1.02. The third kappa shape index (κ3) is 2.26. The average molecular weight is 247 g/mol. The predicted octanol–water partition coefficient (Wildman–Crippen LogP) is 3.61. The molecule has 3 atom stereocenters. The van der Waals surface area contributed by atoms with Gasteiger partial charge in [0.2, 0.25) is 0 Å². The van der Waals surface area contributed by atoms with Crippen molar-refractivity contribution in [1.82, 2.24) is 0 Å². The summed E-state index contributed by atoms with van der Waals surface area (Å²) < 4.78 is 5.28. The van der Waals surface area contributed by atoms with Crippen LogP contribution in [0.4, 0.5) is 0 Å². The van der Waals surface area contributed by atoms with Crippen LogP contribution in [-0.4, -0.2) is 7.11 Å². The highest BCUT2D eigenvalue weighted by molar-refractivity contribution is 5.39. The van der Waals surface area contributed by atoms with Crippen LogP contribution >= 0.6 is 0 Å². The first-order chi connectivity index (χ1) is 8.47. The van der Waals surface area contributed by atoms with Gasteiger partial charge in [-0.1, -0.05) is 26.3 Å². The van der Waals surface area contributed by atoms with Crippen LogP contribution in [0.5, 0.6) is 5.75 Å². The van der Waals surface area contributed by atoms with Gasteiger partial charge in [0.15, 0.2) is 0 Å². The molecule has 2 N–H and O–H groups in total. The monoisotopic (exact) mass is 247 g/mol. The number of benzene rings is 1. The van der Waals surface area contributed by atoms with Crippen molar-refractivity contribution in [3.05, 3.63) is 29.3 Å². The summed E-state index contributed by atoms with van der Waals surface area (Å²) in [5.41, 5.74) is 9.14. The Kier molecular flexibility index (Phi) is 3.67. The molecule has 0 aromatic heterocycles. The van der Waals surface area contributed by atoms with Gasteiger partial charge in [0.1, 0.15) is 5.75 Å². The Morgan fingerprint density at radius 2 is 2.00 bits per heavy atom. The van der Waals surface area contributed by atoms with E-state index in [0.29, 0.717) is 11.8 Å². The normalized spacial score (nSPS) is 32.3. The minimum absolute atomic E-state index is 0.173. The third-order valence-corrected chi connectivity index (χ3v) is 4.59. The van der Waals surface area contributed by atoms with E-state index in [0.717, 1.165) is 12.2 Å². The number of nitrogens with two attached hydrogens (primary N) is 1. The molecule has 100 valence electrons. The number of methoxy groups -OCH3 is 1. The standard InChI is InChI=1S/C16H25NO/c1-11-5-6-13(3)16(17,10-11)15-8-7-14(18-4)9-12(15)2/h7-9,11,13H,5-6,10,17H2,1-4H3. The molecule has 0 radical (unpaired) electrons. The predicted molar refractivity (Wildman–Crippen MR) is 75.8 cm³/mol. The molecule has 1 aliphatic rings. The van der Waals surface area contributed by atoms with Crippen molar-refractivity contribution in [2.24, 2.45) is 17.6 Å². The maximum atomic E-state index is 6.77. The van der Waals surface area contributed by atoms with Gasteiger partial charge in [0.05, 0.1) is 7.11 Å². The van der Waals surface area contributed by atoms with Crippen molar-refractivity contribution in [1.29, 1.82) is 0 Å². The number of ether oxygens (including phenoxy) is 1. The van der Waals surface area contributed by atoms with Crippen molar-refractivity contribution in [2.75, 3.05) is 7.11 Å². The fraction of sp³-hybridized carbons (Fsp3) is 0.625. The van der Waals surface area contributed by atoms with Crippen LogP contribution in [-0.2, 0) is 5.54 Å². The molecule has 2 nitrogen and oxygen atoms in total. The van der Waals surface area contributed by atoms with Crippen LogP contribution in [0.15, 0.2) is 18.2 Å². The maximum absolute atomic E-state index is 6.77. The summed E-state index contributed by atoms with van der Waals surface area (Å²) in [6.07, 6.45) is 3.61. The zero-order valence-electron chi connectivity index (χ0n) is 12.0. The summed E-state index contributed by atoms with van der Waals surface area (Å²) in [5, 5.41) is 0. The number of aryl methyl sites for hydroxylation is 1. The van der Waals surface area contributed by atoms with E-state index in [-0.39, 0.29) is 5.54 Å². The largest absolute Gasteiger partial charge is 0.497 e. The van der Waals surface area contributed by atoms with E-state index in [1.165, 1.54) is 24.0 Å². The lowest BCUT2D eigenvalue weighted by Gasteiger charge is -2.43. The minimum Gasteiger partial charge on any atom is -0.497 e. The van der Waals surface area contributed by atoms with Crippen molar-refractivity contribution in [3.8, 4) is 5.75 Å². The number of hydrogen-bond acceptors (Lipinski definition) is 2. The Morgan fingerprint density at radius 1 is 1.28 bits per heavy atom. The molecule has 2 rings (SSSR count). The summed E-state index contributed by atoms with van der Waals surface area (Å²) in [6.45, 7) is 6.74. The first kappa shape index (κ1) is 13.4. The van der Waals surface area contributed by atoms with Crippen LogP contribution in [0, 0.1) is 18.8 Å². The molecule has 1 aromatic rings. The highest BCUT2D eigenvalue weighted by Crippen LogP contribution is 2.43. The van der Waals surface area contributed by atoms with E-state index in [1.807, 2.05) is 6.07 Å². The maximum Gasteiger partial charge on any atom is 0.119 e. The smallest absolute Gasteiger partial charge is 0.119 e. The molecule has 1 saturated carbocycles. The topological polar surface area (TPSA) is 35.2 Å². The van der Waals surface area contributed by atoms with Gasteiger partial charge in [0, 0.05) is 5.54 Å². The highest BCUT2D eigenvalue weighted by Gasteiger charge is 2.39. The third-order valence-electron chi connectivity index (χ3n) is 4.59. The van der Waals surface area contributed by atoms with Gasteiger partial charge in [-0.25, -0.2) is 0 Å². The molecule has 0 saturated heterocycles. The molecule has 1 fully saturated rings. The first-order valence-corrected chi connectivity index (χ1v) is 6.91. The molecule has 2 heteroatoms. The van der Waals surface area contributed by atoms with Gasteiger partial charge in [0.25, 0.3) is 0 Å². The second-order valence-corrected chi connectivity index (χ2v) is 6.01. The quantitative estimate of drug-likeness (QED) is 0.866. The van der Waals surface area contributed by atoms with E-state index in [9.17, 15) is 0 Å². The second kappa shape index (κ2) is 4.93. The van der Waals surface area contributed by atoms with Crippen LogP contribution in [0.2, 0.25) is 0 Å². The Labute approximate surface area is 111 Å². The second-order valence-electron chi connectivity index (χ2n) is 6.01. The lowest BCUT2D eigenvalue weighted by molar-refractivity contribution is 0.161. The molecule has 1 aromatic carbocycles. The van der Waals surface area contributed by atoms with E-state index >= 15 is 0 Å². The zero-order valence-corrected chi connectivity index (χ0v) is 12.0.